The largest absolute Gasteiger partial charge is 0.492 e. The van der Waals surface area contributed by atoms with Gasteiger partial charge in [-0.2, -0.15) is 0 Å². The van der Waals surface area contributed by atoms with Crippen molar-refractivity contribution >= 4 is 11.7 Å². The van der Waals surface area contributed by atoms with Gasteiger partial charge in [-0.3, -0.25) is 4.79 Å². The number of aryl methyl sites for hydroxylation is 2. The normalized spacial score (nSPS) is 14.5. The number of hydrogen-bond donors (Lipinski definition) is 1. The molecular formula is C24H28N4O3. The number of benzene rings is 1. The molecule has 0 spiro atoms. The summed E-state index contributed by atoms with van der Waals surface area (Å²) in [7, 11) is 0. The molecule has 0 bridgehead atoms. The zero-order chi connectivity index (χ0) is 21.6. The van der Waals surface area contributed by atoms with Crippen molar-refractivity contribution in [1.82, 2.24) is 15.5 Å². The molecule has 0 unspecified atom stereocenters. The van der Waals surface area contributed by atoms with Crippen molar-refractivity contribution in [3.63, 3.8) is 0 Å². The minimum absolute atomic E-state index is 0.0211. The maximum atomic E-state index is 12.5. The second-order valence-corrected chi connectivity index (χ2v) is 7.98. The number of aromatic nitrogens is 2. The summed E-state index contributed by atoms with van der Waals surface area (Å²) < 4.78 is 11.1. The number of piperidine rings is 1. The van der Waals surface area contributed by atoms with Crippen LogP contribution in [0.3, 0.4) is 0 Å². The topological polar surface area (TPSA) is 80.5 Å². The fraction of sp³-hybridized carbons (Fsp3) is 0.375. The van der Waals surface area contributed by atoms with Crippen molar-refractivity contribution < 1.29 is 13.9 Å². The zero-order valence-corrected chi connectivity index (χ0v) is 18.0. The lowest BCUT2D eigenvalue weighted by molar-refractivity contribution is -0.125. The van der Waals surface area contributed by atoms with Crippen LogP contribution in [0.4, 0.5) is 5.82 Å². The summed E-state index contributed by atoms with van der Waals surface area (Å²) in [6.07, 6.45) is 3.22. The number of carbonyl (C=O) groups excluding carboxylic acids is 1. The molecule has 0 radical (unpaired) electrons. The summed E-state index contributed by atoms with van der Waals surface area (Å²) in [4.78, 5) is 14.7. The van der Waals surface area contributed by atoms with Crippen LogP contribution < -0.4 is 15.0 Å². The first-order valence-corrected chi connectivity index (χ1v) is 10.7. The Morgan fingerprint density at radius 1 is 1.13 bits per heavy atom. The average Bonchev–Trinajstić information content (AvgIpc) is 3.31. The average molecular weight is 421 g/mol. The molecule has 0 atom stereocenters. The molecule has 2 aromatic heterocycles. The van der Waals surface area contributed by atoms with Crippen LogP contribution in [0.1, 0.15) is 24.0 Å². The number of rotatable bonds is 7. The predicted molar refractivity (Wildman–Crippen MR) is 119 cm³/mol. The van der Waals surface area contributed by atoms with Gasteiger partial charge in [0.2, 0.25) is 5.91 Å². The molecule has 1 aliphatic heterocycles. The summed E-state index contributed by atoms with van der Waals surface area (Å²) >= 11 is 0. The van der Waals surface area contributed by atoms with Crippen LogP contribution in [-0.4, -0.2) is 42.3 Å². The number of nitrogens with one attached hydrogen (secondary N) is 1. The van der Waals surface area contributed by atoms with Crippen LogP contribution >= 0.6 is 0 Å². The van der Waals surface area contributed by atoms with Crippen molar-refractivity contribution in [3.8, 4) is 17.2 Å². The number of furan rings is 1. The van der Waals surface area contributed by atoms with E-state index in [0.717, 1.165) is 37.5 Å². The Kier molecular flexibility index (Phi) is 6.50. The molecule has 1 aliphatic rings. The van der Waals surface area contributed by atoms with E-state index >= 15 is 0 Å². The van der Waals surface area contributed by atoms with E-state index in [0.29, 0.717) is 24.6 Å². The van der Waals surface area contributed by atoms with Gasteiger partial charge in [-0.15, -0.1) is 10.2 Å². The number of carbonyl (C=O) groups is 1. The maximum Gasteiger partial charge on any atom is 0.223 e. The Hall–Kier alpha value is -3.35. The third-order valence-corrected chi connectivity index (χ3v) is 5.48. The standard InChI is InChI=1S/C24H28N4O3/c1-17-14-18(2)16-20(15-17)30-13-9-25-24(29)19-7-10-28(11-8-19)23-6-5-21(26-27-23)22-4-3-12-31-22/h3-6,12,14-16,19H,7-11,13H2,1-2H3,(H,25,29). The van der Waals surface area contributed by atoms with E-state index in [4.69, 9.17) is 9.15 Å². The molecule has 162 valence electrons. The van der Waals surface area contributed by atoms with Crippen molar-refractivity contribution in [2.45, 2.75) is 26.7 Å². The van der Waals surface area contributed by atoms with Crippen molar-refractivity contribution in [2.24, 2.45) is 5.92 Å². The second-order valence-electron chi connectivity index (χ2n) is 7.98. The van der Waals surface area contributed by atoms with Gasteiger partial charge in [-0.05, 0) is 74.2 Å². The molecule has 1 saturated heterocycles. The SMILES string of the molecule is Cc1cc(C)cc(OCCNC(=O)C2CCN(c3ccc(-c4ccco4)nn3)CC2)c1. The molecule has 3 aromatic rings. The molecule has 0 aliphatic carbocycles. The van der Waals surface area contributed by atoms with Gasteiger partial charge in [-0.1, -0.05) is 6.07 Å². The van der Waals surface area contributed by atoms with Crippen LogP contribution in [0.25, 0.3) is 11.5 Å². The quantitative estimate of drug-likeness (QED) is 0.586. The molecule has 1 fully saturated rings. The molecule has 1 N–H and O–H groups in total. The molecule has 0 saturated carbocycles. The molecular weight excluding hydrogens is 392 g/mol. The van der Waals surface area contributed by atoms with Crippen LogP contribution in [-0.2, 0) is 4.79 Å². The smallest absolute Gasteiger partial charge is 0.223 e. The van der Waals surface area contributed by atoms with Crippen molar-refractivity contribution in [2.75, 3.05) is 31.1 Å². The summed E-state index contributed by atoms with van der Waals surface area (Å²) in [5.41, 5.74) is 3.06. The highest BCUT2D eigenvalue weighted by atomic mass is 16.5. The van der Waals surface area contributed by atoms with Crippen LogP contribution in [0.15, 0.2) is 53.1 Å². The minimum Gasteiger partial charge on any atom is -0.492 e. The third-order valence-electron chi connectivity index (χ3n) is 5.48. The maximum absolute atomic E-state index is 12.5. The molecule has 4 rings (SSSR count). The Morgan fingerprint density at radius 3 is 2.55 bits per heavy atom. The Labute approximate surface area is 182 Å². The number of amides is 1. The first-order chi connectivity index (χ1) is 15.1. The highest BCUT2D eigenvalue weighted by Gasteiger charge is 2.25. The van der Waals surface area contributed by atoms with Gasteiger partial charge in [0.25, 0.3) is 0 Å². The van der Waals surface area contributed by atoms with E-state index in [2.05, 4.69) is 26.5 Å². The number of hydrogen-bond acceptors (Lipinski definition) is 6. The van der Waals surface area contributed by atoms with E-state index in [1.807, 2.05) is 50.2 Å². The van der Waals surface area contributed by atoms with Gasteiger partial charge < -0.3 is 19.4 Å². The molecule has 3 heterocycles. The first kappa shape index (κ1) is 20.9. The van der Waals surface area contributed by atoms with E-state index in [-0.39, 0.29) is 11.8 Å². The molecule has 7 nitrogen and oxygen atoms in total. The highest BCUT2D eigenvalue weighted by molar-refractivity contribution is 5.79. The molecule has 31 heavy (non-hydrogen) atoms. The van der Waals surface area contributed by atoms with Crippen LogP contribution in [0.5, 0.6) is 5.75 Å². The van der Waals surface area contributed by atoms with Crippen LogP contribution in [0, 0.1) is 19.8 Å². The summed E-state index contributed by atoms with van der Waals surface area (Å²) in [5.74, 6) is 2.50. The zero-order valence-electron chi connectivity index (χ0n) is 18.0. The monoisotopic (exact) mass is 420 g/mol. The minimum atomic E-state index is 0.0211. The fourth-order valence-corrected chi connectivity index (χ4v) is 3.92. The van der Waals surface area contributed by atoms with Crippen molar-refractivity contribution in [1.29, 1.82) is 0 Å². The third kappa shape index (κ3) is 5.42. The number of ether oxygens (including phenoxy) is 1. The van der Waals surface area contributed by atoms with E-state index in [9.17, 15) is 4.79 Å². The lowest BCUT2D eigenvalue weighted by Gasteiger charge is -2.31. The predicted octanol–water partition coefficient (Wildman–Crippen LogP) is 3.77. The summed E-state index contributed by atoms with van der Waals surface area (Å²) in [6, 6.07) is 13.7. The van der Waals surface area contributed by atoms with Gasteiger partial charge in [0.15, 0.2) is 11.6 Å². The van der Waals surface area contributed by atoms with Crippen molar-refractivity contribution in [3.05, 3.63) is 59.9 Å². The number of anilines is 1. The molecule has 1 amide bonds. The van der Waals surface area contributed by atoms with Gasteiger partial charge in [0.1, 0.15) is 18.1 Å². The highest BCUT2D eigenvalue weighted by Crippen LogP contribution is 2.23. The van der Waals surface area contributed by atoms with Gasteiger partial charge in [0.05, 0.1) is 12.8 Å². The Bertz CT molecular complexity index is 974. The summed E-state index contributed by atoms with van der Waals surface area (Å²) in [5, 5.41) is 11.6. The van der Waals surface area contributed by atoms with E-state index in [1.165, 1.54) is 11.1 Å². The van der Waals surface area contributed by atoms with Crippen LogP contribution in [0.2, 0.25) is 0 Å². The number of nitrogens with zero attached hydrogens (tertiary/aromatic N) is 3. The molecule has 7 heteroatoms. The second kappa shape index (κ2) is 9.64. The summed E-state index contributed by atoms with van der Waals surface area (Å²) in [6.45, 7) is 6.63. The van der Waals surface area contributed by atoms with Gasteiger partial charge in [0, 0.05) is 19.0 Å². The lowest BCUT2D eigenvalue weighted by Crippen LogP contribution is -2.41. The first-order valence-electron chi connectivity index (χ1n) is 10.7. The molecule has 1 aromatic carbocycles. The van der Waals surface area contributed by atoms with E-state index < -0.39 is 0 Å². The van der Waals surface area contributed by atoms with Gasteiger partial charge in [-0.25, -0.2) is 0 Å². The Morgan fingerprint density at radius 2 is 1.90 bits per heavy atom. The van der Waals surface area contributed by atoms with E-state index in [1.54, 1.807) is 6.26 Å². The Balaban J connectivity index is 1.20. The lowest BCUT2D eigenvalue weighted by atomic mass is 9.96. The van der Waals surface area contributed by atoms with Gasteiger partial charge >= 0.3 is 0 Å². The fourth-order valence-electron chi connectivity index (χ4n) is 3.92.